The summed E-state index contributed by atoms with van der Waals surface area (Å²) in [6.45, 7) is 4.55. The van der Waals surface area contributed by atoms with E-state index in [0.29, 0.717) is 33.6 Å². The molecule has 4 aromatic rings. The maximum Gasteiger partial charge on any atom is 0.393 e. The maximum absolute atomic E-state index is 13.1. The van der Waals surface area contributed by atoms with Crippen molar-refractivity contribution < 1.29 is 18.0 Å². The van der Waals surface area contributed by atoms with Crippen molar-refractivity contribution in [1.82, 2.24) is 19.9 Å². The summed E-state index contributed by atoms with van der Waals surface area (Å²) in [7, 11) is 1.70. The Balaban J connectivity index is 1.01. The van der Waals surface area contributed by atoms with Crippen molar-refractivity contribution >= 4 is 50.1 Å². The first-order valence-corrected chi connectivity index (χ1v) is 16.8. The molecule has 1 amide bonds. The summed E-state index contributed by atoms with van der Waals surface area (Å²) in [6.07, 6.45) is 2.62. The lowest BCUT2D eigenvalue weighted by Gasteiger charge is -2.70. The average Bonchev–Trinajstić information content (AvgIpc) is 3.53. The molecule has 8 nitrogen and oxygen atoms in total. The molecule has 3 aromatic heterocycles. The summed E-state index contributed by atoms with van der Waals surface area (Å²) in [5, 5.41) is 21.3. The molecule has 3 N–H and O–H groups in total. The lowest BCUT2D eigenvalue weighted by Crippen LogP contribution is -2.75. The van der Waals surface area contributed by atoms with Crippen molar-refractivity contribution in [3.63, 3.8) is 0 Å². The minimum atomic E-state index is -4.27. The van der Waals surface area contributed by atoms with Gasteiger partial charge in [-0.05, 0) is 98.9 Å². The van der Waals surface area contributed by atoms with E-state index in [1.807, 2.05) is 6.07 Å². The van der Waals surface area contributed by atoms with Crippen molar-refractivity contribution in [1.29, 1.82) is 5.26 Å². The fourth-order valence-corrected chi connectivity index (χ4v) is 9.56. The summed E-state index contributed by atoms with van der Waals surface area (Å²) in [4.78, 5) is 21.3. The van der Waals surface area contributed by atoms with Crippen LogP contribution in [0, 0.1) is 29.6 Å². The minimum Gasteiger partial charge on any atom is -0.367 e. The van der Waals surface area contributed by atoms with E-state index in [9.17, 15) is 23.2 Å². The Morgan fingerprint density at radius 3 is 2.52 bits per heavy atom. The Morgan fingerprint density at radius 2 is 1.87 bits per heavy atom. The SMILES string of the molecule is CNc1nc(NC2CCC(Cc3ccc4c(cc(C#N)n4CC45CC(NC(C)=O)(C4)C5)c3C)CC2)c2cc(CC(F)(F)F)sc2n1. The predicted octanol–water partition coefficient (Wildman–Crippen LogP) is 7.24. The first kappa shape index (κ1) is 30.8. The second-order valence-electron chi connectivity index (χ2n) is 13.9. The molecule has 4 fully saturated rings. The molecule has 2 bridgehead atoms. The van der Waals surface area contributed by atoms with Crippen LogP contribution in [0.25, 0.3) is 21.1 Å². The molecule has 0 atom stereocenters. The number of aryl methyl sites for hydroxylation is 1. The molecule has 0 radical (unpaired) electrons. The van der Waals surface area contributed by atoms with Gasteiger partial charge in [0.15, 0.2) is 0 Å². The molecule has 0 aliphatic heterocycles. The molecule has 0 spiro atoms. The molecule has 46 heavy (non-hydrogen) atoms. The van der Waals surface area contributed by atoms with Crippen molar-refractivity contribution in [2.24, 2.45) is 11.3 Å². The molecule has 4 aliphatic carbocycles. The highest BCUT2D eigenvalue weighted by Crippen LogP contribution is 2.68. The van der Waals surface area contributed by atoms with Crippen LogP contribution in [0.1, 0.15) is 73.6 Å². The van der Waals surface area contributed by atoms with Gasteiger partial charge in [-0.1, -0.05) is 6.07 Å². The normalized spacial score (nSPS) is 25.5. The highest BCUT2D eigenvalue weighted by molar-refractivity contribution is 7.18. The summed E-state index contributed by atoms with van der Waals surface area (Å²) in [6, 6.07) is 10.6. The van der Waals surface area contributed by atoms with Crippen LogP contribution in [0.2, 0.25) is 0 Å². The number of nitriles is 1. The summed E-state index contributed by atoms with van der Waals surface area (Å²) >= 11 is 1.06. The first-order valence-electron chi connectivity index (χ1n) is 16.0. The van der Waals surface area contributed by atoms with Gasteiger partial charge in [0.2, 0.25) is 11.9 Å². The number of fused-ring (bicyclic) bond motifs is 2. The number of thiophene rings is 1. The first-order chi connectivity index (χ1) is 21.9. The number of aromatic nitrogens is 3. The van der Waals surface area contributed by atoms with Crippen LogP contribution in [0.3, 0.4) is 0 Å². The lowest BCUT2D eigenvalue weighted by atomic mass is 9.39. The number of hydrogen-bond donors (Lipinski definition) is 3. The van der Waals surface area contributed by atoms with E-state index >= 15 is 0 Å². The third kappa shape index (κ3) is 5.67. The van der Waals surface area contributed by atoms with Gasteiger partial charge in [0, 0.05) is 47.9 Å². The van der Waals surface area contributed by atoms with Gasteiger partial charge in [0.1, 0.15) is 22.4 Å². The Hall–Kier alpha value is -3.85. The van der Waals surface area contributed by atoms with Gasteiger partial charge in [-0.25, -0.2) is 4.98 Å². The zero-order valence-electron chi connectivity index (χ0n) is 26.3. The van der Waals surface area contributed by atoms with E-state index in [0.717, 1.165) is 80.2 Å². The third-order valence-electron chi connectivity index (χ3n) is 10.4. The second kappa shape index (κ2) is 11.1. The van der Waals surface area contributed by atoms with E-state index in [4.69, 9.17) is 0 Å². The van der Waals surface area contributed by atoms with Gasteiger partial charge in [-0.15, -0.1) is 11.3 Å². The minimum absolute atomic E-state index is 0.0278. The van der Waals surface area contributed by atoms with Crippen molar-refractivity contribution in [2.45, 2.75) is 95.9 Å². The molecular formula is C34H38F3N7OS. The number of nitrogens with zero attached hydrogens (tertiary/aromatic N) is 4. The molecule has 3 heterocycles. The fourth-order valence-electron chi connectivity index (χ4n) is 8.51. The zero-order valence-corrected chi connectivity index (χ0v) is 27.1. The number of halogens is 3. The van der Waals surface area contributed by atoms with E-state index in [-0.39, 0.29) is 27.8 Å². The number of carbonyl (C=O) groups excluding carboxylic acids is 1. The van der Waals surface area contributed by atoms with Crippen molar-refractivity contribution in [2.75, 3.05) is 17.7 Å². The highest BCUT2D eigenvalue weighted by atomic mass is 32.1. The van der Waals surface area contributed by atoms with Crippen molar-refractivity contribution in [3.8, 4) is 6.07 Å². The average molecular weight is 650 g/mol. The molecule has 0 saturated heterocycles. The number of anilines is 2. The summed E-state index contributed by atoms with van der Waals surface area (Å²) < 4.78 is 41.4. The molecule has 4 saturated carbocycles. The topological polar surface area (TPSA) is 108 Å². The number of amides is 1. The van der Waals surface area contributed by atoms with Gasteiger partial charge in [-0.3, -0.25) is 4.79 Å². The Morgan fingerprint density at radius 1 is 1.13 bits per heavy atom. The number of carbonyl (C=O) groups is 1. The monoisotopic (exact) mass is 649 g/mol. The molecule has 12 heteroatoms. The fraction of sp³-hybridized carbons (Fsp3) is 0.529. The molecule has 0 unspecified atom stereocenters. The predicted molar refractivity (Wildman–Crippen MR) is 174 cm³/mol. The van der Waals surface area contributed by atoms with Gasteiger partial charge in [0.05, 0.1) is 11.8 Å². The molecule has 4 aliphatic rings. The maximum atomic E-state index is 13.1. The molecular weight excluding hydrogens is 611 g/mol. The van der Waals surface area contributed by atoms with Gasteiger partial charge < -0.3 is 20.5 Å². The summed E-state index contributed by atoms with van der Waals surface area (Å²) in [5.74, 6) is 1.53. The van der Waals surface area contributed by atoms with E-state index < -0.39 is 12.6 Å². The smallest absolute Gasteiger partial charge is 0.367 e. The van der Waals surface area contributed by atoms with Gasteiger partial charge in [-0.2, -0.15) is 23.4 Å². The van der Waals surface area contributed by atoms with Gasteiger partial charge in [0.25, 0.3) is 0 Å². The molecule has 8 rings (SSSR count). The van der Waals surface area contributed by atoms with Crippen LogP contribution in [0.15, 0.2) is 24.3 Å². The largest absolute Gasteiger partial charge is 0.393 e. The Kier molecular flexibility index (Phi) is 7.46. The van der Waals surface area contributed by atoms with Crippen LogP contribution < -0.4 is 16.0 Å². The van der Waals surface area contributed by atoms with Crippen LogP contribution in [-0.2, 0) is 24.2 Å². The Labute approximate surface area is 269 Å². The number of benzene rings is 1. The molecule has 1 aromatic carbocycles. The van der Waals surface area contributed by atoms with Crippen LogP contribution in [0.5, 0.6) is 0 Å². The number of alkyl halides is 3. The van der Waals surface area contributed by atoms with E-state index in [1.165, 1.54) is 11.1 Å². The van der Waals surface area contributed by atoms with Crippen molar-refractivity contribution in [3.05, 3.63) is 46.0 Å². The zero-order chi connectivity index (χ0) is 32.4. The standard InChI is InChI=1S/C34H38F3N7OS/c1-19-22(6-9-28-26(19)11-24(14-38)44(28)18-32-15-33(16-32,17-32)43-20(2)45)10-21-4-7-23(8-5-21)40-29-27-12-25(13-34(35,36)37)46-30(27)42-31(39-3)41-29/h6,9,11-12,21,23H,4-5,7-8,10,13,15-18H2,1-3H3,(H,43,45)(H2,39,40,41,42). The number of nitrogens with one attached hydrogen (secondary N) is 3. The number of hydrogen-bond acceptors (Lipinski definition) is 7. The van der Waals surface area contributed by atoms with E-state index in [2.05, 4.69) is 55.6 Å². The number of rotatable bonds is 9. The van der Waals surface area contributed by atoms with Crippen LogP contribution in [-0.4, -0.2) is 45.2 Å². The Bertz CT molecular complexity index is 1860. The second-order valence-corrected chi connectivity index (χ2v) is 15.1. The van der Waals surface area contributed by atoms with Gasteiger partial charge >= 0.3 is 6.18 Å². The third-order valence-corrected chi connectivity index (χ3v) is 11.4. The van der Waals surface area contributed by atoms with Crippen LogP contribution in [0.4, 0.5) is 24.9 Å². The van der Waals surface area contributed by atoms with Crippen LogP contribution >= 0.6 is 11.3 Å². The molecule has 242 valence electrons. The summed E-state index contributed by atoms with van der Waals surface area (Å²) in [5.41, 5.74) is 4.48. The highest BCUT2D eigenvalue weighted by Gasteiger charge is 2.68. The quantitative estimate of drug-likeness (QED) is 0.176. The lowest BCUT2D eigenvalue weighted by molar-refractivity contribution is -0.170. The van der Waals surface area contributed by atoms with E-state index in [1.54, 1.807) is 20.0 Å².